The van der Waals surface area contributed by atoms with Crippen molar-refractivity contribution in [3.05, 3.63) is 91.3 Å². The van der Waals surface area contributed by atoms with Crippen molar-refractivity contribution < 1.29 is 4.52 Å². The van der Waals surface area contributed by atoms with Gasteiger partial charge in [0.2, 0.25) is 0 Å². The van der Waals surface area contributed by atoms with Crippen molar-refractivity contribution in [1.82, 2.24) is 10.1 Å². The molecule has 122 valence electrons. The van der Waals surface area contributed by atoms with Crippen LogP contribution in [0.25, 0.3) is 11.3 Å². The molecular weight excluding hydrogens is 324 g/mol. The predicted octanol–water partition coefficient (Wildman–Crippen LogP) is 2.84. The molecule has 0 radical (unpaired) electrons. The summed E-state index contributed by atoms with van der Waals surface area (Å²) >= 11 is 0. The SMILES string of the molecule is C[Si](c1ccccc1)(c1ccccc1)c1cc(-c2cccnc2)no1. The van der Waals surface area contributed by atoms with Crippen LogP contribution in [0.5, 0.6) is 0 Å². The van der Waals surface area contributed by atoms with Crippen LogP contribution in [0.1, 0.15) is 0 Å². The van der Waals surface area contributed by atoms with E-state index in [1.54, 1.807) is 6.20 Å². The van der Waals surface area contributed by atoms with Gasteiger partial charge in [0.05, 0.1) is 0 Å². The Kier molecular flexibility index (Phi) is 4.03. The fraction of sp³-hybridized carbons (Fsp3) is 0.0476. The maximum Gasteiger partial charge on any atom is 0.193 e. The highest BCUT2D eigenvalue weighted by Gasteiger charge is 2.38. The molecular formula is C21H18N2OSi. The van der Waals surface area contributed by atoms with Crippen molar-refractivity contribution in [2.75, 3.05) is 0 Å². The van der Waals surface area contributed by atoms with E-state index in [9.17, 15) is 0 Å². The lowest BCUT2D eigenvalue weighted by Gasteiger charge is -2.25. The first kappa shape index (κ1) is 15.5. The molecule has 4 aromatic rings. The van der Waals surface area contributed by atoms with Gasteiger partial charge in [0.15, 0.2) is 8.07 Å². The highest BCUT2D eigenvalue weighted by Crippen LogP contribution is 2.16. The van der Waals surface area contributed by atoms with Crippen molar-refractivity contribution in [3.63, 3.8) is 0 Å². The summed E-state index contributed by atoms with van der Waals surface area (Å²) in [7, 11) is -2.24. The first-order chi connectivity index (χ1) is 12.3. The predicted molar refractivity (Wildman–Crippen MR) is 103 cm³/mol. The molecule has 0 saturated carbocycles. The molecule has 2 aromatic heterocycles. The molecule has 0 N–H and O–H groups in total. The Morgan fingerprint density at radius 3 is 2.00 bits per heavy atom. The Balaban J connectivity index is 1.87. The summed E-state index contributed by atoms with van der Waals surface area (Å²) in [6.45, 7) is 2.31. The number of hydrogen-bond acceptors (Lipinski definition) is 3. The first-order valence-electron chi connectivity index (χ1n) is 8.27. The summed E-state index contributed by atoms with van der Waals surface area (Å²) in [6, 6.07) is 27.2. The normalized spacial score (nSPS) is 11.4. The largest absolute Gasteiger partial charge is 0.365 e. The van der Waals surface area contributed by atoms with Gasteiger partial charge in [-0.15, -0.1) is 0 Å². The van der Waals surface area contributed by atoms with Crippen molar-refractivity contribution in [2.45, 2.75) is 6.55 Å². The standard InChI is InChI=1S/C21H18N2OSi/c1-25(18-10-4-2-5-11-18,19-12-6-3-7-13-19)21-15-20(23-24-21)17-9-8-14-22-16-17/h2-16H,1H3. The van der Waals surface area contributed by atoms with Gasteiger partial charge in [0, 0.05) is 24.0 Å². The molecule has 0 bridgehead atoms. The zero-order valence-corrected chi connectivity index (χ0v) is 15.0. The third-order valence-electron chi connectivity index (χ3n) is 4.66. The number of benzene rings is 2. The molecule has 4 rings (SSSR count). The average molecular weight is 342 g/mol. The van der Waals surface area contributed by atoms with Crippen molar-refractivity contribution in [2.24, 2.45) is 0 Å². The summed E-state index contributed by atoms with van der Waals surface area (Å²) in [5.41, 5.74) is 1.80. The van der Waals surface area contributed by atoms with Gasteiger partial charge in [-0.05, 0) is 22.5 Å². The molecule has 0 spiro atoms. The molecule has 0 saturated heterocycles. The lowest BCUT2D eigenvalue weighted by atomic mass is 10.2. The molecule has 0 atom stereocenters. The minimum atomic E-state index is -2.24. The topological polar surface area (TPSA) is 38.9 Å². The smallest absolute Gasteiger partial charge is 0.193 e. The lowest BCUT2D eigenvalue weighted by molar-refractivity contribution is 0.447. The Morgan fingerprint density at radius 2 is 1.44 bits per heavy atom. The fourth-order valence-corrected chi connectivity index (χ4v) is 6.43. The molecule has 0 aliphatic heterocycles. The fourth-order valence-electron chi connectivity index (χ4n) is 3.16. The van der Waals surface area contributed by atoms with E-state index in [2.05, 4.69) is 71.3 Å². The van der Waals surface area contributed by atoms with Crippen LogP contribution in [-0.2, 0) is 0 Å². The average Bonchev–Trinajstić information content (AvgIpc) is 3.20. The van der Waals surface area contributed by atoms with Gasteiger partial charge in [0.25, 0.3) is 0 Å². The summed E-state index contributed by atoms with van der Waals surface area (Å²) in [4.78, 5) is 4.18. The second-order valence-corrected chi connectivity index (χ2v) is 10.1. The van der Waals surface area contributed by atoms with Crippen molar-refractivity contribution in [1.29, 1.82) is 0 Å². The number of rotatable bonds is 4. The third-order valence-corrected chi connectivity index (χ3v) is 8.86. The maximum atomic E-state index is 5.88. The summed E-state index contributed by atoms with van der Waals surface area (Å²) in [6.07, 6.45) is 3.57. The monoisotopic (exact) mass is 342 g/mol. The number of nitrogens with zero attached hydrogens (tertiary/aromatic N) is 2. The van der Waals surface area contributed by atoms with Crippen LogP contribution in [0.3, 0.4) is 0 Å². The van der Waals surface area contributed by atoms with E-state index in [1.807, 2.05) is 30.5 Å². The van der Waals surface area contributed by atoms with Crippen LogP contribution in [0, 0.1) is 0 Å². The minimum absolute atomic E-state index is 0.827. The van der Waals surface area contributed by atoms with Crippen LogP contribution in [0.15, 0.2) is 95.8 Å². The number of aromatic nitrogens is 2. The van der Waals surface area contributed by atoms with Crippen LogP contribution in [0.4, 0.5) is 0 Å². The quantitative estimate of drug-likeness (QED) is 0.535. The van der Waals surface area contributed by atoms with Gasteiger partial charge >= 0.3 is 0 Å². The molecule has 2 aromatic carbocycles. The van der Waals surface area contributed by atoms with Crippen molar-refractivity contribution in [3.8, 4) is 11.3 Å². The zero-order valence-electron chi connectivity index (χ0n) is 14.0. The van der Waals surface area contributed by atoms with Gasteiger partial charge in [-0.1, -0.05) is 72.4 Å². The Bertz CT molecular complexity index is 913. The third kappa shape index (κ3) is 2.81. The molecule has 3 nitrogen and oxygen atoms in total. The second-order valence-electron chi connectivity index (χ2n) is 6.18. The van der Waals surface area contributed by atoms with E-state index in [0.29, 0.717) is 0 Å². The molecule has 2 heterocycles. The lowest BCUT2D eigenvalue weighted by Crippen LogP contribution is -2.64. The van der Waals surface area contributed by atoms with Gasteiger partial charge < -0.3 is 4.52 Å². The molecule has 0 fully saturated rings. The molecule has 4 heteroatoms. The van der Waals surface area contributed by atoms with E-state index in [0.717, 1.165) is 16.6 Å². The molecule has 25 heavy (non-hydrogen) atoms. The molecule has 0 aliphatic carbocycles. The number of pyridine rings is 1. The Labute approximate surface area is 148 Å². The second kappa shape index (κ2) is 6.49. The van der Waals surface area contributed by atoms with E-state index >= 15 is 0 Å². The first-order valence-corrected chi connectivity index (χ1v) is 10.8. The highest BCUT2D eigenvalue weighted by molar-refractivity contribution is 7.10. The van der Waals surface area contributed by atoms with Gasteiger partial charge in [-0.2, -0.15) is 0 Å². The van der Waals surface area contributed by atoms with Gasteiger partial charge in [0.1, 0.15) is 11.1 Å². The Morgan fingerprint density at radius 1 is 0.800 bits per heavy atom. The molecule has 0 aliphatic rings. The van der Waals surface area contributed by atoms with E-state index in [4.69, 9.17) is 4.52 Å². The minimum Gasteiger partial charge on any atom is -0.365 e. The summed E-state index contributed by atoms with van der Waals surface area (Å²) in [5, 5.41) is 7.87. The Hall–Kier alpha value is -2.98. The van der Waals surface area contributed by atoms with Crippen LogP contribution >= 0.6 is 0 Å². The molecule has 0 amide bonds. The zero-order chi connectivity index (χ0) is 17.1. The van der Waals surface area contributed by atoms with E-state index < -0.39 is 8.07 Å². The highest BCUT2D eigenvalue weighted by atomic mass is 28.3. The molecule has 0 unspecified atom stereocenters. The van der Waals surface area contributed by atoms with Crippen LogP contribution in [-0.4, -0.2) is 18.2 Å². The van der Waals surface area contributed by atoms with E-state index in [1.165, 1.54) is 10.4 Å². The van der Waals surface area contributed by atoms with Gasteiger partial charge in [-0.3, -0.25) is 4.98 Å². The summed E-state index contributed by atoms with van der Waals surface area (Å²) in [5.74, 6) is 0. The van der Waals surface area contributed by atoms with E-state index in [-0.39, 0.29) is 0 Å². The summed E-state index contributed by atoms with van der Waals surface area (Å²) < 4.78 is 5.88. The van der Waals surface area contributed by atoms with Crippen LogP contribution < -0.4 is 15.8 Å². The number of hydrogen-bond donors (Lipinski definition) is 0. The van der Waals surface area contributed by atoms with Crippen molar-refractivity contribution >= 4 is 23.8 Å². The maximum absolute atomic E-state index is 5.88. The van der Waals surface area contributed by atoms with Crippen LogP contribution in [0.2, 0.25) is 6.55 Å². The van der Waals surface area contributed by atoms with Gasteiger partial charge in [-0.25, -0.2) is 0 Å².